The van der Waals surface area contributed by atoms with Crippen molar-refractivity contribution in [2.24, 2.45) is 0 Å². The van der Waals surface area contributed by atoms with Gasteiger partial charge in [-0.3, -0.25) is 9.89 Å². The van der Waals surface area contributed by atoms with Crippen molar-refractivity contribution >= 4 is 17.2 Å². The van der Waals surface area contributed by atoms with Crippen molar-refractivity contribution < 1.29 is 4.79 Å². The van der Waals surface area contributed by atoms with Crippen LogP contribution < -0.4 is 0 Å². The number of amides is 1. The Morgan fingerprint density at radius 2 is 2.06 bits per heavy atom. The Morgan fingerprint density at radius 3 is 2.56 bits per heavy atom. The molecule has 0 saturated carbocycles. The summed E-state index contributed by atoms with van der Waals surface area (Å²) >= 11 is 1.42. The molecule has 6 nitrogen and oxygen atoms in total. The highest BCUT2D eigenvalue weighted by Gasteiger charge is 2.19. The Kier molecular flexibility index (Phi) is 3.42. The van der Waals surface area contributed by atoms with Crippen molar-refractivity contribution in [1.82, 2.24) is 25.1 Å². The van der Waals surface area contributed by atoms with Gasteiger partial charge in [-0.25, -0.2) is 9.97 Å². The number of hydrogen-bond acceptors (Lipinski definition) is 5. The average molecular weight is 265 g/mol. The maximum atomic E-state index is 12.2. The number of rotatable bonds is 3. The van der Waals surface area contributed by atoms with Gasteiger partial charge < -0.3 is 4.90 Å². The lowest BCUT2D eigenvalue weighted by molar-refractivity contribution is 0.0785. The highest BCUT2D eigenvalue weighted by molar-refractivity contribution is 7.13. The lowest BCUT2D eigenvalue weighted by Crippen LogP contribution is -2.26. The third-order valence-corrected chi connectivity index (χ3v) is 3.53. The number of nitrogens with one attached hydrogen (secondary N) is 1. The van der Waals surface area contributed by atoms with E-state index in [9.17, 15) is 4.79 Å². The Balaban J connectivity index is 2.11. The predicted molar refractivity (Wildman–Crippen MR) is 68.5 cm³/mol. The topological polar surface area (TPSA) is 74.8 Å². The van der Waals surface area contributed by atoms with Crippen molar-refractivity contribution in [3.63, 3.8) is 0 Å². The first-order valence-corrected chi connectivity index (χ1v) is 6.36. The number of nitrogens with zero attached hydrogens (tertiary/aromatic N) is 4. The number of aromatic nitrogens is 4. The molecule has 1 amide bonds. The van der Waals surface area contributed by atoms with Crippen molar-refractivity contribution in [1.29, 1.82) is 0 Å². The summed E-state index contributed by atoms with van der Waals surface area (Å²) in [6, 6.07) is 0. The fourth-order valence-electron chi connectivity index (χ4n) is 1.65. The zero-order chi connectivity index (χ0) is 13.3. The first kappa shape index (κ1) is 12.7. The molecule has 0 saturated heterocycles. The van der Waals surface area contributed by atoms with Gasteiger partial charge in [-0.05, 0) is 20.8 Å². The van der Waals surface area contributed by atoms with Crippen molar-refractivity contribution in [2.45, 2.75) is 27.3 Å². The second-order valence-corrected chi connectivity index (χ2v) is 5.35. The van der Waals surface area contributed by atoms with E-state index in [1.807, 2.05) is 20.8 Å². The number of H-pyrrole nitrogens is 1. The van der Waals surface area contributed by atoms with Crippen LogP contribution in [0.1, 0.15) is 32.0 Å². The number of aromatic amines is 1. The maximum absolute atomic E-state index is 12.2. The minimum Gasteiger partial charge on any atom is -0.333 e. The van der Waals surface area contributed by atoms with Crippen LogP contribution in [0, 0.1) is 20.8 Å². The summed E-state index contributed by atoms with van der Waals surface area (Å²) in [6.07, 6.45) is 0. The summed E-state index contributed by atoms with van der Waals surface area (Å²) < 4.78 is 0. The van der Waals surface area contributed by atoms with Gasteiger partial charge in [0.25, 0.3) is 5.91 Å². The fraction of sp³-hybridized carbons (Fsp3) is 0.455. The van der Waals surface area contributed by atoms with Crippen LogP contribution in [-0.4, -0.2) is 38.0 Å². The van der Waals surface area contributed by atoms with Crippen LogP contribution in [0.2, 0.25) is 0 Å². The van der Waals surface area contributed by atoms with Gasteiger partial charge in [-0.2, -0.15) is 5.10 Å². The van der Waals surface area contributed by atoms with E-state index >= 15 is 0 Å². The Morgan fingerprint density at radius 1 is 1.33 bits per heavy atom. The van der Waals surface area contributed by atoms with Gasteiger partial charge in [-0.1, -0.05) is 0 Å². The van der Waals surface area contributed by atoms with Crippen LogP contribution in [0.15, 0.2) is 0 Å². The van der Waals surface area contributed by atoms with E-state index in [-0.39, 0.29) is 5.91 Å². The molecule has 0 aliphatic rings. The summed E-state index contributed by atoms with van der Waals surface area (Å²) in [5, 5.41) is 7.68. The minimum atomic E-state index is -0.0412. The zero-order valence-corrected chi connectivity index (χ0v) is 11.6. The highest BCUT2D eigenvalue weighted by atomic mass is 32.1. The number of thiazole rings is 1. The molecule has 96 valence electrons. The largest absolute Gasteiger partial charge is 0.333 e. The summed E-state index contributed by atoms with van der Waals surface area (Å²) in [6.45, 7) is 5.96. The standard InChI is InChI=1S/C11H15N5OS/c1-6-10(18-8(3)12-6)11(17)16(4)5-9-13-7(2)14-15-9/h5H2,1-4H3,(H,13,14,15). The van der Waals surface area contributed by atoms with Crippen LogP contribution in [0.25, 0.3) is 0 Å². The molecule has 7 heteroatoms. The number of hydrogen-bond donors (Lipinski definition) is 1. The third-order valence-electron chi connectivity index (χ3n) is 2.47. The Bertz CT molecular complexity index is 574. The minimum absolute atomic E-state index is 0.0412. The van der Waals surface area contributed by atoms with Crippen LogP contribution in [0.3, 0.4) is 0 Å². The average Bonchev–Trinajstić information content (AvgIpc) is 2.84. The van der Waals surface area contributed by atoms with Gasteiger partial charge in [-0.15, -0.1) is 11.3 Å². The fourth-order valence-corrected chi connectivity index (χ4v) is 2.56. The molecule has 0 unspecified atom stereocenters. The first-order valence-electron chi connectivity index (χ1n) is 5.54. The summed E-state index contributed by atoms with van der Waals surface area (Å²) in [7, 11) is 1.74. The van der Waals surface area contributed by atoms with Gasteiger partial charge in [0.05, 0.1) is 17.2 Å². The lowest BCUT2D eigenvalue weighted by atomic mass is 10.3. The van der Waals surface area contributed by atoms with Crippen molar-refractivity contribution in [3.8, 4) is 0 Å². The van der Waals surface area contributed by atoms with Gasteiger partial charge in [0.2, 0.25) is 0 Å². The van der Waals surface area contributed by atoms with E-state index in [0.717, 1.165) is 16.5 Å². The maximum Gasteiger partial charge on any atom is 0.266 e. The van der Waals surface area contributed by atoms with Crippen molar-refractivity contribution in [2.75, 3.05) is 7.05 Å². The first-order chi connectivity index (χ1) is 8.47. The van der Waals surface area contributed by atoms with E-state index < -0.39 is 0 Å². The van der Waals surface area contributed by atoms with E-state index in [2.05, 4.69) is 20.2 Å². The molecule has 0 bridgehead atoms. The molecule has 2 heterocycles. The quantitative estimate of drug-likeness (QED) is 0.911. The summed E-state index contributed by atoms with van der Waals surface area (Å²) in [4.78, 5) is 22.9. The Labute approximate surface area is 109 Å². The van der Waals surface area contributed by atoms with Crippen LogP contribution in [-0.2, 0) is 6.54 Å². The predicted octanol–water partition coefficient (Wildman–Crippen LogP) is 1.46. The molecular weight excluding hydrogens is 250 g/mol. The molecule has 0 aliphatic carbocycles. The molecule has 0 radical (unpaired) electrons. The second kappa shape index (κ2) is 4.85. The van der Waals surface area contributed by atoms with Crippen LogP contribution in [0.5, 0.6) is 0 Å². The SMILES string of the molecule is Cc1nc(CN(C)C(=O)c2sc(C)nc2C)n[nH]1. The van der Waals surface area contributed by atoms with Gasteiger partial charge in [0.15, 0.2) is 5.82 Å². The van der Waals surface area contributed by atoms with E-state index in [1.54, 1.807) is 11.9 Å². The zero-order valence-electron chi connectivity index (χ0n) is 10.8. The lowest BCUT2D eigenvalue weighted by Gasteiger charge is -2.14. The second-order valence-electron chi connectivity index (χ2n) is 4.15. The molecule has 18 heavy (non-hydrogen) atoms. The van der Waals surface area contributed by atoms with Gasteiger partial charge in [0.1, 0.15) is 10.7 Å². The van der Waals surface area contributed by atoms with Gasteiger partial charge in [0, 0.05) is 7.05 Å². The molecule has 2 aromatic heterocycles. The van der Waals surface area contributed by atoms with E-state index in [1.165, 1.54) is 11.3 Å². The molecule has 2 rings (SSSR count). The van der Waals surface area contributed by atoms with E-state index in [4.69, 9.17) is 0 Å². The molecule has 2 aromatic rings. The molecule has 0 aromatic carbocycles. The molecular formula is C11H15N5OS. The molecule has 0 atom stereocenters. The summed E-state index contributed by atoms with van der Waals surface area (Å²) in [5.41, 5.74) is 0.778. The highest BCUT2D eigenvalue weighted by Crippen LogP contribution is 2.19. The van der Waals surface area contributed by atoms with Gasteiger partial charge >= 0.3 is 0 Å². The normalized spacial score (nSPS) is 10.7. The summed E-state index contributed by atoms with van der Waals surface area (Å²) in [5.74, 6) is 1.32. The monoisotopic (exact) mass is 265 g/mol. The Hall–Kier alpha value is -1.76. The van der Waals surface area contributed by atoms with Crippen molar-refractivity contribution in [3.05, 3.63) is 27.2 Å². The van der Waals surface area contributed by atoms with Crippen LogP contribution in [0.4, 0.5) is 0 Å². The number of carbonyl (C=O) groups excluding carboxylic acids is 1. The molecule has 0 aliphatic heterocycles. The molecule has 1 N–H and O–H groups in total. The van der Waals surface area contributed by atoms with Crippen LogP contribution >= 0.6 is 11.3 Å². The van der Waals surface area contributed by atoms with E-state index in [0.29, 0.717) is 17.2 Å². The third kappa shape index (κ3) is 2.56. The number of aryl methyl sites for hydroxylation is 3. The molecule has 0 fully saturated rings. The smallest absolute Gasteiger partial charge is 0.266 e. The number of carbonyl (C=O) groups is 1. The molecule has 0 spiro atoms.